The lowest BCUT2D eigenvalue weighted by atomic mass is 10.2. The highest BCUT2D eigenvalue weighted by atomic mass is 16.6. The Morgan fingerprint density at radius 2 is 1.86 bits per heavy atom. The number of esters is 1. The van der Waals surface area contributed by atoms with Crippen molar-refractivity contribution in [1.29, 1.82) is 0 Å². The smallest absolute Gasteiger partial charge is 0.308 e. The van der Waals surface area contributed by atoms with Gasteiger partial charge in [0.15, 0.2) is 5.96 Å². The number of aliphatic imine (C=N–C) groups is 1. The SMILES string of the molecule is CN(C)C(=NCc1ccccc1)NCCC(=O)OC(C)(C)C. The molecule has 1 aromatic rings. The predicted octanol–water partition coefficient (Wildman–Crippen LogP) is 2.43. The highest BCUT2D eigenvalue weighted by Crippen LogP contribution is 2.07. The number of hydrogen-bond acceptors (Lipinski definition) is 3. The molecule has 0 heterocycles. The summed E-state index contributed by atoms with van der Waals surface area (Å²) < 4.78 is 5.28. The first kappa shape index (κ1) is 18.0. The van der Waals surface area contributed by atoms with Gasteiger partial charge in [-0.3, -0.25) is 4.79 Å². The molecular weight excluding hydrogens is 278 g/mol. The summed E-state index contributed by atoms with van der Waals surface area (Å²) in [7, 11) is 3.84. The molecule has 0 aliphatic rings. The number of carbonyl (C=O) groups excluding carboxylic acids is 1. The summed E-state index contributed by atoms with van der Waals surface area (Å²) in [5, 5.41) is 3.18. The maximum atomic E-state index is 11.7. The molecule has 0 radical (unpaired) electrons. The molecule has 5 nitrogen and oxygen atoms in total. The first-order valence-electron chi connectivity index (χ1n) is 7.49. The molecule has 5 heteroatoms. The van der Waals surface area contributed by atoms with Gasteiger partial charge in [-0.2, -0.15) is 0 Å². The van der Waals surface area contributed by atoms with Gasteiger partial charge >= 0.3 is 5.97 Å². The van der Waals surface area contributed by atoms with Crippen molar-refractivity contribution in [3.8, 4) is 0 Å². The fourth-order valence-corrected chi connectivity index (χ4v) is 1.77. The third kappa shape index (κ3) is 7.67. The number of nitrogens with one attached hydrogen (secondary N) is 1. The molecule has 0 bridgehead atoms. The van der Waals surface area contributed by atoms with Gasteiger partial charge in [0.05, 0.1) is 13.0 Å². The normalized spacial score (nSPS) is 12.0. The zero-order valence-electron chi connectivity index (χ0n) is 14.2. The van der Waals surface area contributed by atoms with Crippen molar-refractivity contribution in [3.63, 3.8) is 0 Å². The van der Waals surface area contributed by atoms with Gasteiger partial charge in [-0.05, 0) is 26.3 Å². The molecule has 0 aromatic heterocycles. The predicted molar refractivity (Wildman–Crippen MR) is 89.7 cm³/mol. The van der Waals surface area contributed by atoms with Crippen molar-refractivity contribution in [2.75, 3.05) is 20.6 Å². The molecule has 0 fully saturated rings. The van der Waals surface area contributed by atoms with Crippen molar-refractivity contribution >= 4 is 11.9 Å². The lowest BCUT2D eigenvalue weighted by Crippen LogP contribution is -2.38. The van der Waals surface area contributed by atoms with Crippen molar-refractivity contribution in [2.45, 2.75) is 39.3 Å². The Balaban J connectivity index is 2.46. The molecular formula is C17H27N3O2. The summed E-state index contributed by atoms with van der Waals surface area (Å²) in [6.07, 6.45) is 0.315. The largest absolute Gasteiger partial charge is 0.460 e. The molecule has 0 amide bonds. The molecule has 22 heavy (non-hydrogen) atoms. The van der Waals surface area contributed by atoms with Crippen molar-refractivity contribution in [2.24, 2.45) is 4.99 Å². The van der Waals surface area contributed by atoms with Gasteiger partial charge < -0.3 is 15.0 Å². The van der Waals surface area contributed by atoms with Gasteiger partial charge in [-0.1, -0.05) is 30.3 Å². The van der Waals surface area contributed by atoms with Crippen LogP contribution in [0.3, 0.4) is 0 Å². The van der Waals surface area contributed by atoms with Crippen LogP contribution in [0.2, 0.25) is 0 Å². The number of nitrogens with zero attached hydrogens (tertiary/aromatic N) is 2. The van der Waals surface area contributed by atoms with Crippen LogP contribution in [0.15, 0.2) is 35.3 Å². The van der Waals surface area contributed by atoms with Gasteiger partial charge in [0.1, 0.15) is 5.60 Å². The zero-order valence-corrected chi connectivity index (χ0v) is 14.2. The van der Waals surface area contributed by atoms with E-state index in [9.17, 15) is 4.79 Å². The molecule has 1 rings (SSSR count). The standard InChI is InChI=1S/C17H27N3O2/c1-17(2,3)22-15(21)11-12-18-16(20(4)5)19-13-14-9-7-6-8-10-14/h6-10H,11-13H2,1-5H3,(H,18,19). The van der Waals surface area contributed by atoms with Gasteiger partial charge in [0.25, 0.3) is 0 Å². The van der Waals surface area contributed by atoms with E-state index in [2.05, 4.69) is 10.3 Å². The van der Waals surface area contributed by atoms with Gasteiger partial charge in [-0.15, -0.1) is 0 Å². The van der Waals surface area contributed by atoms with Crippen molar-refractivity contribution < 1.29 is 9.53 Å². The molecule has 0 saturated heterocycles. The van der Waals surface area contributed by atoms with Gasteiger partial charge in [0, 0.05) is 20.6 Å². The topological polar surface area (TPSA) is 53.9 Å². The fourth-order valence-electron chi connectivity index (χ4n) is 1.77. The summed E-state index contributed by atoms with van der Waals surface area (Å²) in [5.74, 6) is 0.550. The van der Waals surface area contributed by atoms with Crippen molar-refractivity contribution in [3.05, 3.63) is 35.9 Å². The molecule has 122 valence electrons. The van der Waals surface area contributed by atoms with Crippen LogP contribution in [-0.2, 0) is 16.1 Å². The number of benzene rings is 1. The van der Waals surface area contributed by atoms with E-state index in [0.29, 0.717) is 19.5 Å². The summed E-state index contributed by atoms with van der Waals surface area (Å²) in [4.78, 5) is 18.1. The molecule has 0 aliphatic carbocycles. The minimum atomic E-state index is -0.442. The lowest BCUT2D eigenvalue weighted by molar-refractivity contribution is -0.154. The van der Waals surface area contributed by atoms with E-state index < -0.39 is 5.60 Å². The number of ether oxygens (including phenoxy) is 1. The molecule has 0 saturated carbocycles. The van der Waals surface area contributed by atoms with Gasteiger partial charge in [0.2, 0.25) is 0 Å². The average molecular weight is 305 g/mol. The van der Waals surface area contributed by atoms with E-state index in [0.717, 1.165) is 11.5 Å². The lowest BCUT2D eigenvalue weighted by Gasteiger charge is -2.20. The second kappa shape index (κ2) is 8.41. The molecule has 1 N–H and O–H groups in total. The Morgan fingerprint density at radius 3 is 2.41 bits per heavy atom. The van der Waals surface area contributed by atoms with Crippen LogP contribution in [0.1, 0.15) is 32.8 Å². The van der Waals surface area contributed by atoms with E-state index in [-0.39, 0.29) is 5.97 Å². The highest BCUT2D eigenvalue weighted by molar-refractivity contribution is 5.80. The third-order valence-corrected chi connectivity index (χ3v) is 2.71. The minimum absolute atomic E-state index is 0.207. The second-order valence-electron chi connectivity index (χ2n) is 6.28. The molecule has 0 spiro atoms. The van der Waals surface area contributed by atoms with E-state index in [4.69, 9.17) is 4.74 Å². The second-order valence-corrected chi connectivity index (χ2v) is 6.28. The van der Waals surface area contributed by atoms with Crippen LogP contribution in [0.5, 0.6) is 0 Å². The number of guanidine groups is 1. The molecule has 1 aromatic carbocycles. The quantitative estimate of drug-likeness (QED) is 0.516. The van der Waals surface area contributed by atoms with Crippen LogP contribution in [-0.4, -0.2) is 43.1 Å². The number of carbonyl (C=O) groups is 1. The monoisotopic (exact) mass is 305 g/mol. The molecule has 0 unspecified atom stereocenters. The number of hydrogen-bond donors (Lipinski definition) is 1. The Hall–Kier alpha value is -2.04. The Labute approximate surface area is 133 Å². The van der Waals surface area contributed by atoms with E-state index in [1.807, 2.05) is 70.1 Å². The van der Waals surface area contributed by atoms with Crippen LogP contribution in [0.25, 0.3) is 0 Å². The fraction of sp³-hybridized carbons (Fsp3) is 0.529. The highest BCUT2D eigenvalue weighted by Gasteiger charge is 2.15. The average Bonchev–Trinajstić information content (AvgIpc) is 2.41. The van der Waals surface area contributed by atoms with Crippen LogP contribution in [0, 0.1) is 0 Å². The minimum Gasteiger partial charge on any atom is -0.460 e. The van der Waals surface area contributed by atoms with Crippen LogP contribution in [0.4, 0.5) is 0 Å². The van der Waals surface area contributed by atoms with E-state index in [1.165, 1.54) is 0 Å². The summed E-state index contributed by atoms with van der Waals surface area (Å²) in [6, 6.07) is 10.1. The maximum Gasteiger partial charge on any atom is 0.308 e. The zero-order chi connectivity index (χ0) is 16.6. The molecule has 0 aliphatic heterocycles. The van der Waals surface area contributed by atoms with Crippen molar-refractivity contribution in [1.82, 2.24) is 10.2 Å². The summed E-state index contributed by atoms with van der Waals surface area (Å²) >= 11 is 0. The Morgan fingerprint density at radius 1 is 1.23 bits per heavy atom. The number of rotatable bonds is 5. The van der Waals surface area contributed by atoms with Gasteiger partial charge in [-0.25, -0.2) is 4.99 Å². The Kier molecular flexibility index (Phi) is 6.89. The maximum absolute atomic E-state index is 11.7. The first-order chi connectivity index (χ1) is 10.3. The third-order valence-electron chi connectivity index (χ3n) is 2.71. The first-order valence-corrected chi connectivity index (χ1v) is 7.49. The Bertz CT molecular complexity index is 490. The van der Waals surface area contributed by atoms with Crippen LogP contribution < -0.4 is 5.32 Å². The summed E-state index contributed by atoms with van der Waals surface area (Å²) in [6.45, 7) is 6.70. The van der Waals surface area contributed by atoms with E-state index in [1.54, 1.807) is 0 Å². The molecule has 0 atom stereocenters. The van der Waals surface area contributed by atoms with E-state index >= 15 is 0 Å². The van der Waals surface area contributed by atoms with Crippen LogP contribution >= 0.6 is 0 Å². The summed E-state index contributed by atoms with van der Waals surface area (Å²) in [5.41, 5.74) is 0.707.